The number of rotatable bonds is 3. The lowest BCUT2D eigenvalue weighted by Crippen LogP contribution is -2.18. The fourth-order valence-electron chi connectivity index (χ4n) is 2.46. The number of carbonyl (C=O) groups excluding carboxylic acids is 1. The summed E-state index contributed by atoms with van der Waals surface area (Å²) in [5, 5.41) is 0. The summed E-state index contributed by atoms with van der Waals surface area (Å²) in [6.07, 6.45) is 5.52. The van der Waals surface area contributed by atoms with Crippen LogP contribution in [0, 0.1) is 24.5 Å². The van der Waals surface area contributed by atoms with Crippen molar-refractivity contribution in [3.63, 3.8) is 0 Å². The highest BCUT2D eigenvalue weighted by molar-refractivity contribution is 5.90. The van der Waals surface area contributed by atoms with Gasteiger partial charge in [-0.1, -0.05) is 25.3 Å². The molecule has 0 bridgehead atoms. The standard InChI is InChI=1S/C15H18F2O2/c1-10-7-8-12(16)13(14(10)17)15(18)19-9-11-5-3-2-4-6-11/h7-8,11H,2-6,9H2,1H3. The summed E-state index contributed by atoms with van der Waals surface area (Å²) in [6, 6.07) is 2.40. The van der Waals surface area contributed by atoms with E-state index in [9.17, 15) is 13.6 Å². The zero-order valence-electron chi connectivity index (χ0n) is 11.0. The second-order valence-electron chi connectivity index (χ2n) is 5.16. The van der Waals surface area contributed by atoms with E-state index in [1.807, 2.05) is 0 Å². The fraction of sp³-hybridized carbons (Fsp3) is 0.533. The minimum absolute atomic E-state index is 0.242. The van der Waals surface area contributed by atoms with Crippen LogP contribution in [-0.4, -0.2) is 12.6 Å². The van der Waals surface area contributed by atoms with E-state index in [4.69, 9.17) is 4.74 Å². The molecular weight excluding hydrogens is 250 g/mol. The van der Waals surface area contributed by atoms with Gasteiger partial charge in [-0.2, -0.15) is 0 Å². The smallest absolute Gasteiger partial charge is 0.344 e. The number of hydrogen-bond acceptors (Lipinski definition) is 2. The van der Waals surface area contributed by atoms with Crippen molar-refractivity contribution in [1.29, 1.82) is 0 Å². The summed E-state index contributed by atoms with van der Waals surface area (Å²) in [6.45, 7) is 1.75. The third kappa shape index (κ3) is 3.31. The first-order valence-electron chi connectivity index (χ1n) is 6.71. The number of hydrogen-bond donors (Lipinski definition) is 0. The van der Waals surface area contributed by atoms with Gasteiger partial charge in [-0.3, -0.25) is 0 Å². The summed E-state index contributed by atoms with van der Waals surface area (Å²) in [5.41, 5.74) is -0.332. The Morgan fingerprint density at radius 2 is 1.95 bits per heavy atom. The molecule has 0 amide bonds. The largest absolute Gasteiger partial charge is 0.462 e. The maximum absolute atomic E-state index is 13.7. The Morgan fingerprint density at radius 1 is 1.26 bits per heavy atom. The maximum atomic E-state index is 13.7. The van der Waals surface area contributed by atoms with Crippen LogP contribution in [0.4, 0.5) is 8.78 Å². The summed E-state index contributed by atoms with van der Waals surface area (Å²) < 4.78 is 32.3. The Bertz CT molecular complexity index is 465. The van der Waals surface area contributed by atoms with Crippen molar-refractivity contribution in [2.75, 3.05) is 6.61 Å². The molecule has 0 atom stereocenters. The quantitative estimate of drug-likeness (QED) is 0.774. The number of esters is 1. The van der Waals surface area contributed by atoms with Gasteiger partial charge in [-0.25, -0.2) is 13.6 Å². The van der Waals surface area contributed by atoms with Crippen molar-refractivity contribution >= 4 is 5.97 Å². The lowest BCUT2D eigenvalue weighted by Gasteiger charge is -2.21. The van der Waals surface area contributed by atoms with E-state index in [2.05, 4.69) is 0 Å². The third-order valence-electron chi connectivity index (χ3n) is 3.66. The molecule has 0 radical (unpaired) electrons. The van der Waals surface area contributed by atoms with Gasteiger partial charge in [0.1, 0.15) is 17.2 Å². The highest BCUT2D eigenvalue weighted by atomic mass is 19.1. The Balaban J connectivity index is 2.01. The van der Waals surface area contributed by atoms with Crippen molar-refractivity contribution in [2.24, 2.45) is 5.92 Å². The van der Waals surface area contributed by atoms with Gasteiger partial charge in [0.2, 0.25) is 0 Å². The molecule has 1 aliphatic rings. The first-order chi connectivity index (χ1) is 9.09. The highest BCUT2D eigenvalue weighted by Gasteiger charge is 2.22. The number of carbonyl (C=O) groups is 1. The van der Waals surface area contributed by atoms with Gasteiger partial charge in [0.05, 0.1) is 6.61 Å². The normalized spacial score (nSPS) is 16.4. The van der Waals surface area contributed by atoms with Crippen LogP contribution in [0.15, 0.2) is 12.1 Å². The van der Waals surface area contributed by atoms with Crippen LogP contribution in [0.3, 0.4) is 0 Å². The molecule has 0 aromatic heterocycles. The van der Waals surface area contributed by atoms with Crippen molar-refractivity contribution in [1.82, 2.24) is 0 Å². The molecule has 1 aromatic carbocycles. The van der Waals surface area contributed by atoms with Crippen molar-refractivity contribution in [2.45, 2.75) is 39.0 Å². The van der Waals surface area contributed by atoms with Crippen molar-refractivity contribution < 1.29 is 18.3 Å². The molecule has 4 heteroatoms. The first-order valence-corrected chi connectivity index (χ1v) is 6.71. The molecule has 1 aliphatic carbocycles. The topological polar surface area (TPSA) is 26.3 Å². The number of aryl methyl sites for hydroxylation is 1. The predicted octanol–water partition coefficient (Wildman–Crippen LogP) is 4.01. The zero-order chi connectivity index (χ0) is 13.8. The molecule has 0 saturated heterocycles. The average Bonchev–Trinajstić information content (AvgIpc) is 2.42. The molecule has 104 valence electrons. The van der Waals surface area contributed by atoms with Gasteiger partial charge in [0.25, 0.3) is 0 Å². The van der Waals surface area contributed by atoms with E-state index < -0.39 is 23.2 Å². The Kier molecular flexibility index (Phi) is 4.51. The Morgan fingerprint density at radius 3 is 2.63 bits per heavy atom. The SMILES string of the molecule is Cc1ccc(F)c(C(=O)OCC2CCCCC2)c1F. The van der Waals surface area contributed by atoms with Crippen LogP contribution < -0.4 is 0 Å². The minimum atomic E-state index is -0.899. The average molecular weight is 268 g/mol. The summed E-state index contributed by atoms with van der Waals surface area (Å²) >= 11 is 0. The van der Waals surface area contributed by atoms with E-state index in [1.165, 1.54) is 19.4 Å². The molecule has 19 heavy (non-hydrogen) atoms. The Hall–Kier alpha value is -1.45. The molecule has 1 aromatic rings. The van der Waals surface area contributed by atoms with Gasteiger partial charge < -0.3 is 4.74 Å². The predicted molar refractivity (Wildman–Crippen MR) is 68.0 cm³/mol. The van der Waals surface area contributed by atoms with Crippen molar-refractivity contribution in [3.8, 4) is 0 Å². The second-order valence-corrected chi connectivity index (χ2v) is 5.16. The summed E-state index contributed by atoms with van der Waals surface area (Å²) in [7, 11) is 0. The molecule has 0 unspecified atom stereocenters. The van der Waals surface area contributed by atoms with E-state index >= 15 is 0 Å². The molecule has 0 spiro atoms. The van der Waals surface area contributed by atoms with E-state index in [0.717, 1.165) is 31.7 Å². The third-order valence-corrected chi connectivity index (χ3v) is 3.66. The molecule has 2 rings (SSSR count). The van der Waals surface area contributed by atoms with E-state index in [-0.39, 0.29) is 12.2 Å². The van der Waals surface area contributed by atoms with Gasteiger partial charge >= 0.3 is 5.97 Å². The maximum Gasteiger partial charge on any atom is 0.344 e. The first kappa shape index (κ1) is 14.0. The molecule has 0 aliphatic heterocycles. The minimum Gasteiger partial charge on any atom is -0.462 e. The molecule has 1 fully saturated rings. The van der Waals surface area contributed by atoms with E-state index in [1.54, 1.807) is 0 Å². The summed E-state index contributed by atoms with van der Waals surface area (Å²) in [5.74, 6) is -2.26. The van der Waals surface area contributed by atoms with Crippen LogP contribution in [0.2, 0.25) is 0 Å². The van der Waals surface area contributed by atoms with Gasteiger partial charge in [0, 0.05) is 0 Å². The fourth-order valence-corrected chi connectivity index (χ4v) is 2.46. The van der Waals surface area contributed by atoms with Crippen LogP contribution >= 0.6 is 0 Å². The van der Waals surface area contributed by atoms with Gasteiger partial charge in [-0.15, -0.1) is 0 Å². The van der Waals surface area contributed by atoms with Gasteiger partial charge in [-0.05, 0) is 37.3 Å². The van der Waals surface area contributed by atoms with Crippen molar-refractivity contribution in [3.05, 3.63) is 34.9 Å². The zero-order valence-corrected chi connectivity index (χ0v) is 11.0. The number of halogens is 2. The molecule has 2 nitrogen and oxygen atoms in total. The lowest BCUT2D eigenvalue weighted by molar-refractivity contribution is 0.0399. The highest BCUT2D eigenvalue weighted by Crippen LogP contribution is 2.24. The van der Waals surface area contributed by atoms with Crippen LogP contribution in [0.5, 0.6) is 0 Å². The van der Waals surface area contributed by atoms with Crippen LogP contribution in [0.1, 0.15) is 48.0 Å². The molecule has 0 N–H and O–H groups in total. The monoisotopic (exact) mass is 268 g/mol. The Labute approximate surface area is 111 Å². The van der Waals surface area contributed by atoms with Gasteiger partial charge in [0.15, 0.2) is 0 Å². The summed E-state index contributed by atoms with van der Waals surface area (Å²) in [4.78, 5) is 11.8. The molecule has 0 heterocycles. The second kappa shape index (κ2) is 6.13. The van der Waals surface area contributed by atoms with Crippen LogP contribution in [-0.2, 0) is 4.74 Å². The molecular formula is C15H18F2O2. The van der Waals surface area contributed by atoms with Crippen LogP contribution in [0.25, 0.3) is 0 Å². The lowest BCUT2D eigenvalue weighted by atomic mass is 9.90. The number of ether oxygens (including phenoxy) is 1. The number of benzene rings is 1. The van der Waals surface area contributed by atoms with E-state index in [0.29, 0.717) is 5.92 Å². The molecule has 1 saturated carbocycles.